The zero-order valence-electron chi connectivity index (χ0n) is 21.5. The van der Waals surface area contributed by atoms with E-state index in [-0.39, 0.29) is 23.5 Å². The first kappa shape index (κ1) is 28.4. The second kappa shape index (κ2) is 12.5. The number of nitrogens with zero attached hydrogens (tertiary/aromatic N) is 5. The number of benzene rings is 3. The molecule has 0 radical (unpaired) electrons. The second-order valence-electron chi connectivity index (χ2n) is 8.91. The van der Waals surface area contributed by atoms with Gasteiger partial charge in [0.15, 0.2) is 0 Å². The number of amides is 2. The maximum absolute atomic E-state index is 14.1. The number of tetrazole rings is 1. The van der Waals surface area contributed by atoms with E-state index in [9.17, 15) is 27.2 Å². The summed E-state index contributed by atoms with van der Waals surface area (Å²) in [6.45, 7) is 1.63. The van der Waals surface area contributed by atoms with Crippen LogP contribution in [0.3, 0.4) is 0 Å². The Balaban J connectivity index is 1.51. The van der Waals surface area contributed by atoms with Gasteiger partial charge in [-0.3, -0.25) is 14.5 Å². The van der Waals surface area contributed by atoms with E-state index in [2.05, 4.69) is 20.7 Å². The third-order valence-corrected chi connectivity index (χ3v) is 6.11. The molecule has 1 heterocycles. The van der Waals surface area contributed by atoms with Gasteiger partial charge in [0.1, 0.15) is 18.4 Å². The summed E-state index contributed by atoms with van der Waals surface area (Å²) in [4.78, 5) is 28.8. The number of hydrogen-bond donors (Lipinski definition) is 1. The van der Waals surface area contributed by atoms with Crippen LogP contribution in [-0.2, 0) is 28.7 Å². The van der Waals surface area contributed by atoms with Gasteiger partial charge in [-0.2, -0.15) is 18.0 Å². The Labute approximate surface area is 227 Å². The van der Waals surface area contributed by atoms with Crippen molar-refractivity contribution in [3.63, 3.8) is 0 Å². The van der Waals surface area contributed by atoms with Crippen LogP contribution < -0.4 is 10.2 Å². The highest BCUT2D eigenvalue weighted by atomic mass is 19.4. The average Bonchev–Trinajstić information content (AvgIpc) is 3.40. The van der Waals surface area contributed by atoms with E-state index in [1.54, 1.807) is 6.92 Å². The van der Waals surface area contributed by atoms with E-state index in [1.165, 1.54) is 35.2 Å². The summed E-state index contributed by atoms with van der Waals surface area (Å²) in [6.07, 6.45) is -3.66. The number of aromatic nitrogens is 4. The lowest BCUT2D eigenvalue weighted by Crippen LogP contribution is -2.51. The third-order valence-electron chi connectivity index (χ3n) is 6.11. The number of carbonyl (C=O) groups excluding carboxylic acids is 2. The molecule has 8 nitrogen and oxygen atoms in total. The molecule has 0 saturated carbocycles. The van der Waals surface area contributed by atoms with E-state index in [1.807, 2.05) is 30.3 Å². The van der Waals surface area contributed by atoms with Gasteiger partial charge in [-0.1, -0.05) is 55.5 Å². The molecule has 0 aliphatic carbocycles. The molecule has 208 valence electrons. The molecule has 1 N–H and O–H groups in total. The predicted molar refractivity (Wildman–Crippen MR) is 139 cm³/mol. The third kappa shape index (κ3) is 7.07. The molecule has 4 rings (SSSR count). The van der Waals surface area contributed by atoms with Gasteiger partial charge in [-0.15, -0.1) is 10.2 Å². The van der Waals surface area contributed by atoms with Crippen molar-refractivity contribution in [2.45, 2.75) is 38.5 Å². The van der Waals surface area contributed by atoms with E-state index < -0.39 is 42.0 Å². The SMILES string of the molecule is CCC(C(=O)NCCc1ccccc1)N(C(=O)Cn1nnc(-c2ccc(C(F)(F)F)cc2)n1)c1cccc(F)c1. The molecule has 0 spiro atoms. The highest BCUT2D eigenvalue weighted by Gasteiger charge is 2.31. The molecule has 1 aromatic heterocycles. The van der Waals surface area contributed by atoms with Gasteiger partial charge in [0.05, 0.1) is 5.56 Å². The van der Waals surface area contributed by atoms with Gasteiger partial charge in [0, 0.05) is 17.8 Å². The molecule has 0 aliphatic heterocycles. The van der Waals surface area contributed by atoms with Crippen LogP contribution in [0.15, 0.2) is 78.9 Å². The van der Waals surface area contributed by atoms with Crippen molar-refractivity contribution in [1.82, 2.24) is 25.5 Å². The van der Waals surface area contributed by atoms with Crippen LogP contribution in [0.1, 0.15) is 24.5 Å². The first-order valence-electron chi connectivity index (χ1n) is 12.5. The van der Waals surface area contributed by atoms with Crippen LogP contribution in [0.5, 0.6) is 0 Å². The fourth-order valence-corrected chi connectivity index (χ4v) is 4.13. The van der Waals surface area contributed by atoms with Crippen molar-refractivity contribution >= 4 is 17.5 Å². The Bertz CT molecular complexity index is 1440. The second-order valence-corrected chi connectivity index (χ2v) is 8.91. The molecule has 2 amide bonds. The van der Waals surface area contributed by atoms with Crippen LogP contribution in [0.2, 0.25) is 0 Å². The number of carbonyl (C=O) groups is 2. The lowest BCUT2D eigenvalue weighted by molar-refractivity contribution is -0.137. The number of halogens is 4. The molecule has 40 heavy (non-hydrogen) atoms. The summed E-state index contributed by atoms with van der Waals surface area (Å²) in [6, 6.07) is 18.2. The maximum atomic E-state index is 14.1. The molecule has 1 atom stereocenters. The molecule has 0 saturated heterocycles. The quantitative estimate of drug-likeness (QED) is 0.288. The van der Waals surface area contributed by atoms with Crippen molar-refractivity contribution in [1.29, 1.82) is 0 Å². The fourth-order valence-electron chi connectivity index (χ4n) is 4.13. The lowest BCUT2D eigenvalue weighted by atomic mass is 10.1. The van der Waals surface area contributed by atoms with Crippen molar-refractivity contribution in [3.8, 4) is 11.4 Å². The minimum atomic E-state index is -4.49. The van der Waals surface area contributed by atoms with Crippen LogP contribution in [0, 0.1) is 5.82 Å². The number of hydrogen-bond acceptors (Lipinski definition) is 5. The average molecular weight is 555 g/mol. The van der Waals surface area contributed by atoms with E-state index in [4.69, 9.17) is 0 Å². The molecule has 1 unspecified atom stereocenters. The van der Waals surface area contributed by atoms with Crippen LogP contribution in [-0.4, -0.2) is 44.6 Å². The van der Waals surface area contributed by atoms with E-state index in [0.29, 0.717) is 13.0 Å². The van der Waals surface area contributed by atoms with Gasteiger partial charge in [0.2, 0.25) is 11.7 Å². The molecule has 0 bridgehead atoms. The van der Waals surface area contributed by atoms with Crippen LogP contribution >= 0.6 is 0 Å². The molecule has 3 aromatic carbocycles. The Hall–Kier alpha value is -4.61. The molecule has 4 aromatic rings. The van der Waals surface area contributed by atoms with Crippen LogP contribution in [0.4, 0.5) is 23.2 Å². The summed E-state index contributed by atoms with van der Waals surface area (Å²) < 4.78 is 52.7. The molecular formula is C28H26F4N6O2. The maximum Gasteiger partial charge on any atom is 0.416 e. The Morgan fingerprint density at radius 3 is 2.38 bits per heavy atom. The summed E-state index contributed by atoms with van der Waals surface area (Å²) >= 11 is 0. The number of anilines is 1. The summed E-state index contributed by atoms with van der Waals surface area (Å²) in [5, 5.41) is 14.6. The highest BCUT2D eigenvalue weighted by molar-refractivity contribution is 6.00. The first-order valence-corrected chi connectivity index (χ1v) is 12.5. The minimum absolute atomic E-state index is 0.0181. The van der Waals surface area contributed by atoms with Gasteiger partial charge in [-0.05, 0) is 54.0 Å². The molecule has 0 aliphatic rings. The van der Waals surface area contributed by atoms with E-state index in [0.717, 1.165) is 28.6 Å². The van der Waals surface area contributed by atoms with Crippen LogP contribution in [0.25, 0.3) is 11.4 Å². The number of rotatable bonds is 10. The highest BCUT2D eigenvalue weighted by Crippen LogP contribution is 2.30. The molecule has 0 fully saturated rings. The van der Waals surface area contributed by atoms with Gasteiger partial charge in [-0.25, -0.2) is 4.39 Å². The summed E-state index contributed by atoms with van der Waals surface area (Å²) in [5.74, 6) is -1.58. The predicted octanol–water partition coefficient (Wildman–Crippen LogP) is 4.67. The van der Waals surface area contributed by atoms with Crippen molar-refractivity contribution in [2.75, 3.05) is 11.4 Å². The summed E-state index contributed by atoms with van der Waals surface area (Å²) in [7, 11) is 0. The number of alkyl halides is 3. The topological polar surface area (TPSA) is 93.0 Å². The Kier molecular flexibility index (Phi) is 8.87. The first-order chi connectivity index (χ1) is 19.2. The standard InChI is InChI=1S/C28H26F4N6O2/c1-2-24(27(40)33-16-15-19-7-4-3-5-8-19)38(23-10-6-9-22(29)17-23)25(39)18-37-35-26(34-36-37)20-11-13-21(14-12-20)28(30,31)32/h3-14,17,24H,2,15-16,18H2,1H3,(H,33,40). The zero-order chi connectivity index (χ0) is 28.7. The fraction of sp³-hybridized carbons (Fsp3) is 0.250. The Morgan fingerprint density at radius 2 is 1.73 bits per heavy atom. The Morgan fingerprint density at radius 1 is 1.00 bits per heavy atom. The lowest BCUT2D eigenvalue weighted by Gasteiger charge is -2.30. The normalized spacial score (nSPS) is 12.1. The number of nitrogens with one attached hydrogen (secondary N) is 1. The van der Waals surface area contributed by atoms with Crippen molar-refractivity contribution < 1.29 is 27.2 Å². The monoisotopic (exact) mass is 554 g/mol. The minimum Gasteiger partial charge on any atom is -0.354 e. The zero-order valence-corrected chi connectivity index (χ0v) is 21.5. The van der Waals surface area contributed by atoms with E-state index >= 15 is 0 Å². The largest absolute Gasteiger partial charge is 0.416 e. The van der Waals surface area contributed by atoms with Gasteiger partial charge >= 0.3 is 6.18 Å². The molecular weight excluding hydrogens is 528 g/mol. The summed E-state index contributed by atoms with van der Waals surface area (Å²) in [5.41, 5.74) is 0.670. The van der Waals surface area contributed by atoms with Gasteiger partial charge < -0.3 is 5.32 Å². The van der Waals surface area contributed by atoms with Crippen molar-refractivity contribution in [2.24, 2.45) is 0 Å². The van der Waals surface area contributed by atoms with Gasteiger partial charge in [0.25, 0.3) is 5.91 Å². The molecule has 12 heteroatoms. The smallest absolute Gasteiger partial charge is 0.354 e. The van der Waals surface area contributed by atoms with Crippen molar-refractivity contribution in [3.05, 3.63) is 95.8 Å².